The Morgan fingerprint density at radius 3 is 3.00 bits per heavy atom. The molecule has 0 atom stereocenters. The zero-order valence-electron chi connectivity index (χ0n) is 13.9. The summed E-state index contributed by atoms with van der Waals surface area (Å²) in [7, 11) is 0. The Morgan fingerprint density at radius 2 is 2.24 bits per heavy atom. The number of thiophene rings is 1. The third-order valence-corrected chi connectivity index (χ3v) is 6.28. The predicted octanol–water partition coefficient (Wildman–Crippen LogP) is 1.72. The fourth-order valence-electron chi connectivity index (χ4n) is 3.00. The molecule has 1 aliphatic rings. The summed E-state index contributed by atoms with van der Waals surface area (Å²) in [6.07, 6.45) is 5.90. The van der Waals surface area contributed by atoms with E-state index in [4.69, 9.17) is 5.11 Å². The lowest BCUT2D eigenvalue weighted by Crippen LogP contribution is -2.29. The van der Waals surface area contributed by atoms with Crippen molar-refractivity contribution >= 4 is 39.2 Å². The van der Waals surface area contributed by atoms with Gasteiger partial charge < -0.3 is 10.4 Å². The molecule has 2 heterocycles. The van der Waals surface area contributed by atoms with E-state index in [1.54, 1.807) is 22.0 Å². The van der Waals surface area contributed by atoms with Gasteiger partial charge in [0.15, 0.2) is 5.16 Å². The minimum absolute atomic E-state index is 0.0393. The van der Waals surface area contributed by atoms with Crippen molar-refractivity contribution in [3.05, 3.63) is 33.4 Å². The topological polar surface area (TPSA) is 84.2 Å². The number of aliphatic hydroxyl groups excluding tert-OH is 1. The van der Waals surface area contributed by atoms with Crippen LogP contribution in [0, 0.1) is 0 Å². The van der Waals surface area contributed by atoms with E-state index in [-0.39, 0.29) is 30.4 Å². The highest BCUT2D eigenvalue weighted by Gasteiger charge is 2.22. The fourth-order valence-corrected chi connectivity index (χ4v) is 5.14. The van der Waals surface area contributed by atoms with Gasteiger partial charge in [-0.05, 0) is 31.2 Å². The number of aryl methyl sites for hydroxylation is 2. The molecule has 0 saturated heterocycles. The second-order valence-corrected chi connectivity index (χ2v) is 7.88. The number of carbonyl (C=O) groups is 1. The highest BCUT2D eigenvalue weighted by atomic mass is 32.2. The third kappa shape index (κ3) is 3.80. The molecule has 25 heavy (non-hydrogen) atoms. The predicted molar refractivity (Wildman–Crippen MR) is 102 cm³/mol. The molecule has 2 aromatic rings. The van der Waals surface area contributed by atoms with Gasteiger partial charge in [-0.3, -0.25) is 14.2 Å². The van der Waals surface area contributed by atoms with Crippen molar-refractivity contribution in [3.63, 3.8) is 0 Å². The molecule has 0 unspecified atom stereocenters. The minimum Gasteiger partial charge on any atom is -0.395 e. The molecular formula is C17H21N3O3S2. The highest BCUT2D eigenvalue weighted by molar-refractivity contribution is 7.99. The summed E-state index contributed by atoms with van der Waals surface area (Å²) in [5.74, 6) is -0.0378. The number of rotatable bonds is 7. The van der Waals surface area contributed by atoms with Crippen molar-refractivity contribution in [3.8, 4) is 0 Å². The molecule has 134 valence electrons. The van der Waals surface area contributed by atoms with Gasteiger partial charge in [-0.25, -0.2) is 4.98 Å². The van der Waals surface area contributed by atoms with Crippen molar-refractivity contribution in [1.29, 1.82) is 0 Å². The quantitative estimate of drug-likeness (QED) is 0.435. The maximum atomic E-state index is 13.0. The number of thioether (sulfide) groups is 1. The summed E-state index contributed by atoms with van der Waals surface area (Å²) in [5, 5.41) is 12.6. The Labute approximate surface area is 154 Å². The van der Waals surface area contributed by atoms with Crippen LogP contribution in [-0.2, 0) is 24.2 Å². The smallest absolute Gasteiger partial charge is 0.263 e. The molecule has 0 spiro atoms. The molecule has 1 amide bonds. The molecule has 0 bridgehead atoms. The van der Waals surface area contributed by atoms with Gasteiger partial charge in [0.1, 0.15) is 4.83 Å². The first-order chi connectivity index (χ1) is 12.2. The minimum atomic E-state index is -0.191. The molecule has 3 rings (SSSR count). The summed E-state index contributed by atoms with van der Waals surface area (Å²) in [6.45, 7) is 4.23. The Morgan fingerprint density at radius 1 is 1.44 bits per heavy atom. The van der Waals surface area contributed by atoms with Crippen LogP contribution in [0.4, 0.5) is 0 Å². The van der Waals surface area contributed by atoms with E-state index in [1.807, 2.05) is 0 Å². The Kier molecular flexibility index (Phi) is 5.93. The van der Waals surface area contributed by atoms with Crippen LogP contribution in [0.3, 0.4) is 0 Å². The summed E-state index contributed by atoms with van der Waals surface area (Å²) in [5.41, 5.74) is 1.13. The van der Waals surface area contributed by atoms with Gasteiger partial charge >= 0.3 is 0 Å². The first-order valence-corrected chi connectivity index (χ1v) is 10.1. The first-order valence-electron chi connectivity index (χ1n) is 8.32. The van der Waals surface area contributed by atoms with Gasteiger partial charge in [0.25, 0.3) is 5.56 Å². The molecule has 2 N–H and O–H groups in total. The van der Waals surface area contributed by atoms with Crippen molar-refractivity contribution < 1.29 is 9.90 Å². The van der Waals surface area contributed by atoms with Crippen LogP contribution in [0.25, 0.3) is 10.2 Å². The second kappa shape index (κ2) is 8.16. The zero-order chi connectivity index (χ0) is 17.8. The molecule has 0 aliphatic heterocycles. The lowest BCUT2D eigenvalue weighted by molar-refractivity contribution is -0.118. The zero-order valence-corrected chi connectivity index (χ0v) is 15.5. The van der Waals surface area contributed by atoms with Crippen LogP contribution < -0.4 is 10.9 Å². The second-order valence-electron chi connectivity index (χ2n) is 5.85. The molecule has 2 aromatic heterocycles. The number of aliphatic hydroxyl groups is 1. The van der Waals surface area contributed by atoms with Crippen molar-refractivity contribution in [2.45, 2.75) is 37.4 Å². The maximum Gasteiger partial charge on any atom is 0.263 e. The molecule has 0 fully saturated rings. The van der Waals surface area contributed by atoms with Gasteiger partial charge in [0.05, 0.1) is 17.7 Å². The number of hydrogen-bond donors (Lipinski definition) is 2. The van der Waals surface area contributed by atoms with E-state index >= 15 is 0 Å². The van der Waals surface area contributed by atoms with Gasteiger partial charge in [-0.15, -0.1) is 17.9 Å². The van der Waals surface area contributed by atoms with Crippen molar-refractivity contribution in [2.24, 2.45) is 0 Å². The van der Waals surface area contributed by atoms with Crippen molar-refractivity contribution in [1.82, 2.24) is 14.9 Å². The monoisotopic (exact) mass is 379 g/mol. The van der Waals surface area contributed by atoms with Gasteiger partial charge in [-0.2, -0.15) is 0 Å². The number of amides is 1. The maximum absolute atomic E-state index is 13.0. The van der Waals surface area contributed by atoms with E-state index in [9.17, 15) is 9.59 Å². The molecule has 0 saturated carbocycles. The summed E-state index contributed by atoms with van der Waals surface area (Å²) in [6, 6.07) is 0. The highest BCUT2D eigenvalue weighted by Crippen LogP contribution is 2.34. The van der Waals surface area contributed by atoms with E-state index in [2.05, 4.69) is 16.9 Å². The molecule has 1 aliphatic carbocycles. The van der Waals surface area contributed by atoms with Gasteiger partial charge in [0.2, 0.25) is 5.91 Å². The summed E-state index contributed by atoms with van der Waals surface area (Å²) >= 11 is 2.84. The van der Waals surface area contributed by atoms with Crippen LogP contribution in [0.15, 0.2) is 22.6 Å². The first kappa shape index (κ1) is 18.2. The van der Waals surface area contributed by atoms with E-state index < -0.39 is 0 Å². The molecule has 0 aromatic carbocycles. The van der Waals surface area contributed by atoms with Gasteiger partial charge in [0, 0.05) is 18.0 Å². The lowest BCUT2D eigenvalue weighted by Gasteiger charge is -2.12. The third-order valence-electron chi connectivity index (χ3n) is 4.12. The standard InChI is InChI=1S/C17H21N3O3S2/c1-2-8-20-16(23)14-11-5-3-4-6-12(11)25-15(14)19-17(20)24-10-13(22)18-7-9-21/h2,21H,1,3-10H2,(H,18,22). The molecular weight excluding hydrogens is 358 g/mol. The number of aromatic nitrogens is 2. The number of allylic oxidation sites excluding steroid dienone is 1. The fraction of sp³-hybridized carbons (Fsp3) is 0.471. The normalized spacial score (nSPS) is 13.6. The Balaban J connectivity index is 1.97. The van der Waals surface area contributed by atoms with Crippen LogP contribution in [0.1, 0.15) is 23.3 Å². The van der Waals surface area contributed by atoms with Crippen LogP contribution in [0.5, 0.6) is 0 Å². The van der Waals surface area contributed by atoms with Crippen LogP contribution in [-0.4, -0.2) is 39.5 Å². The Bertz CT molecular complexity index is 857. The average molecular weight is 380 g/mol. The summed E-state index contributed by atoms with van der Waals surface area (Å²) < 4.78 is 1.60. The average Bonchev–Trinajstić information content (AvgIpc) is 2.99. The number of hydrogen-bond acceptors (Lipinski definition) is 6. The van der Waals surface area contributed by atoms with Crippen LogP contribution >= 0.6 is 23.1 Å². The largest absolute Gasteiger partial charge is 0.395 e. The van der Waals surface area contributed by atoms with E-state index in [0.717, 1.165) is 35.9 Å². The Hall–Kier alpha value is -1.64. The number of nitrogens with zero attached hydrogens (tertiary/aromatic N) is 2. The molecule has 0 radical (unpaired) electrons. The van der Waals surface area contributed by atoms with E-state index in [0.29, 0.717) is 11.7 Å². The van der Waals surface area contributed by atoms with Gasteiger partial charge in [-0.1, -0.05) is 17.8 Å². The number of carbonyl (C=O) groups excluding carboxylic acids is 1. The van der Waals surface area contributed by atoms with E-state index in [1.165, 1.54) is 22.2 Å². The van der Waals surface area contributed by atoms with Crippen molar-refractivity contribution in [2.75, 3.05) is 18.9 Å². The van der Waals surface area contributed by atoms with Crippen LogP contribution in [0.2, 0.25) is 0 Å². The number of fused-ring (bicyclic) bond motifs is 3. The lowest BCUT2D eigenvalue weighted by atomic mass is 9.97. The molecule has 6 nitrogen and oxygen atoms in total. The molecule has 8 heteroatoms. The SMILES string of the molecule is C=CCn1c(SCC(=O)NCCO)nc2sc3c(c2c1=O)CCCC3. The number of nitrogens with one attached hydrogen (secondary N) is 1. The summed E-state index contributed by atoms with van der Waals surface area (Å²) in [4.78, 5) is 31.5.